The van der Waals surface area contributed by atoms with Crippen LogP contribution in [0.1, 0.15) is 46.1 Å². The van der Waals surface area contributed by atoms with E-state index in [0.717, 1.165) is 5.56 Å². The normalized spacial score (nSPS) is 15.2. The van der Waals surface area contributed by atoms with Crippen molar-refractivity contribution in [2.75, 3.05) is 7.05 Å². The molecule has 1 aromatic carbocycles. The summed E-state index contributed by atoms with van der Waals surface area (Å²) in [6.07, 6.45) is 1.17. The zero-order valence-corrected chi connectivity index (χ0v) is 17.4. The summed E-state index contributed by atoms with van der Waals surface area (Å²) in [5.74, 6) is -1.81. The predicted molar refractivity (Wildman–Crippen MR) is 107 cm³/mol. The van der Waals surface area contributed by atoms with Gasteiger partial charge in [0.1, 0.15) is 6.04 Å². The number of carbonyl (C=O) groups is 3. The lowest BCUT2D eigenvalue weighted by Gasteiger charge is -2.35. The van der Waals surface area contributed by atoms with Gasteiger partial charge in [-0.1, -0.05) is 51.1 Å². The summed E-state index contributed by atoms with van der Waals surface area (Å²) in [6.45, 7) is 7.40. The maximum absolute atomic E-state index is 13.2. The number of hydroxylamine groups is 1. The standard InChI is InChI=1S/C21H33N3O4/c1-6-21(4,20(27)24-28)16(12-14(2)3)18(25)23-17(19(26)22-5)13-15-10-8-7-9-11-15/h7-11,14,16-17,28H,6,12-13H2,1-5H3,(H,22,26)(H,23,25)(H,24,27)/t16?,17-,21+/m0/s1. The first kappa shape index (κ1) is 23.6. The van der Waals surface area contributed by atoms with Crippen molar-refractivity contribution < 1.29 is 19.6 Å². The van der Waals surface area contributed by atoms with Gasteiger partial charge in [0.25, 0.3) is 0 Å². The molecule has 1 rings (SSSR count). The molecule has 3 atom stereocenters. The zero-order valence-electron chi connectivity index (χ0n) is 17.4. The van der Waals surface area contributed by atoms with Crippen LogP contribution < -0.4 is 16.1 Å². The van der Waals surface area contributed by atoms with Gasteiger partial charge in [-0.3, -0.25) is 19.6 Å². The predicted octanol–water partition coefficient (Wildman–Crippen LogP) is 2.04. The quantitative estimate of drug-likeness (QED) is 0.362. The highest BCUT2D eigenvalue weighted by atomic mass is 16.5. The Labute approximate surface area is 167 Å². The van der Waals surface area contributed by atoms with Crippen molar-refractivity contribution in [3.8, 4) is 0 Å². The smallest absolute Gasteiger partial charge is 0.250 e. The molecule has 7 heteroatoms. The maximum atomic E-state index is 13.2. The Hall–Kier alpha value is -2.41. The van der Waals surface area contributed by atoms with Crippen LogP contribution in [0.15, 0.2) is 30.3 Å². The van der Waals surface area contributed by atoms with E-state index in [1.54, 1.807) is 19.3 Å². The Morgan fingerprint density at radius 3 is 2.18 bits per heavy atom. The van der Waals surface area contributed by atoms with Crippen LogP contribution in [0.5, 0.6) is 0 Å². The molecule has 28 heavy (non-hydrogen) atoms. The second kappa shape index (κ2) is 10.8. The van der Waals surface area contributed by atoms with E-state index in [4.69, 9.17) is 0 Å². The second-order valence-electron chi connectivity index (χ2n) is 7.76. The first-order chi connectivity index (χ1) is 13.2. The lowest BCUT2D eigenvalue weighted by molar-refractivity contribution is -0.149. The van der Waals surface area contributed by atoms with Gasteiger partial charge in [0, 0.05) is 13.5 Å². The summed E-state index contributed by atoms with van der Waals surface area (Å²) in [5.41, 5.74) is 1.52. The number of nitrogens with one attached hydrogen (secondary N) is 3. The van der Waals surface area contributed by atoms with Crippen molar-refractivity contribution in [2.45, 2.75) is 53.0 Å². The summed E-state index contributed by atoms with van der Waals surface area (Å²) < 4.78 is 0. The van der Waals surface area contributed by atoms with Gasteiger partial charge < -0.3 is 10.6 Å². The monoisotopic (exact) mass is 391 g/mol. The van der Waals surface area contributed by atoms with Crippen molar-refractivity contribution in [2.24, 2.45) is 17.3 Å². The highest BCUT2D eigenvalue weighted by molar-refractivity contribution is 5.93. The first-order valence-corrected chi connectivity index (χ1v) is 9.70. The van der Waals surface area contributed by atoms with E-state index >= 15 is 0 Å². The maximum Gasteiger partial charge on any atom is 0.250 e. The summed E-state index contributed by atoms with van der Waals surface area (Å²) in [7, 11) is 1.52. The molecule has 4 N–H and O–H groups in total. The lowest BCUT2D eigenvalue weighted by Crippen LogP contribution is -2.54. The molecule has 0 radical (unpaired) electrons. The molecule has 3 amide bonds. The van der Waals surface area contributed by atoms with Crippen LogP contribution in [0.2, 0.25) is 0 Å². The van der Waals surface area contributed by atoms with E-state index in [0.29, 0.717) is 19.3 Å². The van der Waals surface area contributed by atoms with Crippen LogP contribution in [0.3, 0.4) is 0 Å². The third-order valence-electron chi connectivity index (χ3n) is 5.31. The molecule has 0 aliphatic carbocycles. The topological polar surface area (TPSA) is 108 Å². The molecule has 0 aliphatic rings. The number of rotatable bonds is 10. The van der Waals surface area contributed by atoms with Crippen molar-refractivity contribution in [3.63, 3.8) is 0 Å². The summed E-state index contributed by atoms with van der Waals surface area (Å²) in [5, 5.41) is 14.6. The minimum atomic E-state index is -1.09. The minimum Gasteiger partial charge on any atom is -0.357 e. The molecule has 7 nitrogen and oxygen atoms in total. The van der Waals surface area contributed by atoms with Crippen molar-refractivity contribution in [1.29, 1.82) is 0 Å². The van der Waals surface area contributed by atoms with Gasteiger partial charge in [-0.05, 0) is 31.2 Å². The average Bonchev–Trinajstić information content (AvgIpc) is 2.70. The van der Waals surface area contributed by atoms with E-state index in [1.165, 1.54) is 7.05 Å². The molecular formula is C21H33N3O4. The Kier molecular flexibility index (Phi) is 9.12. The van der Waals surface area contributed by atoms with Crippen molar-refractivity contribution in [1.82, 2.24) is 16.1 Å². The van der Waals surface area contributed by atoms with Crippen molar-refractivity contribution in [3.05, 3.63) is 35.9 Å². The van der Waals surface area contributed by atoms with E-state index in [-0.39, 0.29) is 17.7 Å². The molecule has 0 spiro atoms. The Morgan fingerprint density at radius 1 is 1.11 bits per heavy atom. The highest BCUT2D eigenvalue weighted by Crippen LogP contribution is 2.36. The fraction of sp³-hybridized carbons (Fsp3) is 0.571. The number of benzene rings is 1. The van der Waals surface area contributed by atoms with Gasteiger partial charge in [0.15, 0.2) is 0 Å². The van der Waals surface area contributed by atoms with Gasteiger partial charge in [-0.25, -0.2) is 5.48 Å². The van der Waals surface area contributed by atoms with E-state index in [2.05, 4.69) is 10.6 Å². The number of hydrogen-bond acceptors (Lipinski definition) is 4. The van der Waals surface area contributed by atoms with Crippen LogP contribution in [-0.2, 0) is 20.8 Å². The second-order valence-corrected chi connectivity index (χ2v) is 7.76. The lowest BCUT2D eigenvalue weighted by atomic mass is 9.70. The molecule has 156 valence electrons. The number of likely N-dealkylation sites (N-methyl/N-ethyl adjacent to an activating group) is 1. The summed E-state index contributed by atoms with van der Waals surface area (Å²) in [6, 6.07) is 8.66. The largest absolute Gasteiger partial charge is 0.357 e. The fourth-order valence-electron chi connectivity index (χ4n) is 3.33. The molecule has 0 aliphatic heterocycles. The molecule has 1 unspecified atom stereocenters. The highest BCUT2D eigenvalue weighted by Gasteiger charge is 2.44. The fourth-order valence-corrected chi connectivity index (χ4v) is 3.33. The molecule has 0 saturated heterocycles. The zero-order chi connectivity index (χ0) is 21.3. The van der Waals surface area contributed by atoms with Crippen LogP contribution in [0.4, 0.5) is 0 Å². The van der Waals surface area contributed by atoms with E-state index < -0.39 is 23.3 Å². The van der Waals surface area contributed by atoms with E-state index in [1.807, 2.05) is 44.2 Å². The van der Waals surface area contributed by atoms with Gasteiger partial charge in [0.05, 0.1) is 11.3 Å². The molecule has 0 aromatic heterocycles. The molecule has 1 aromatic rings. The SMILES string of the molecule is CC[C@@](C)(C(=O)NO)C(CC(C)C)C(=O)N[C@@H](Cc1ccccc1)C(=O)NC. The molecule has 0 heterocycles. The molecule has 0 bridgehead atoms. The Balaban J connectivity index is 3.13. The number of carbonyl (C=O) groups excluding carboxylic acids is 3. The Morgan fingerprint density at radius 2 is 1.71 bits per heavy atom. The van der Waals surface area contributed by atoms with Crippen LogP contribution in [0.25, 0.3) is 0 Å². The Bertz CT molecular complexity index is 663. The van der Waals surface area contributed by atoms with Crippen LogP contribution >= 0.6 is 0 Å². The number of hydrogen-bond donors (Lipinski definition) is 4. The molecular weight excluding hydrogens is 358 g/mol. The number of amides is 3. The summed E-state index contributed by atoms with van der Waals surface area (Å²) in [4.78, 5) is 37.9. The summed E-state index contributed by atoms with van der Waals surface area (Å²) >= 11 is 0. The van der Waals surface area contributed by atoms with Gasteiger partial charge in [-0.2, -0.15) is 0 Å². The van der Waals surface area contributed by atoms with Crippen LogP contribution in [0, 0.1) is 17.3 Å². The van der Waals surface area contributed by atoms with Crippen molar-refractivity contribution >= 4 is 17.7 Å². The third-order valence-corrected chi connectivity index (χ3v) is 5.31. The molecule has 0 fully saturated rings. The third kappa shape index (κ3) is 6.05. The van der Waals surface area contributed by atoms with E-state index in [9.17, 15) is 19.6 Å². The van der Waals surface area contributed by atoms with Crippen LogP contribution in [-0.4, -0.2) is 36.0 Å². The minimum absolute atomic E-state index is 0.153. The molecule has 0 saturated carbocycles. The average molecular weight is 392 g/mol. The van der Waals surface area contributed by atoms with Gasteiger partial charge in [-0.15, -0.1) is 0 Å². The first-order valence-electron chi connectivity index (χ1n) is 9.70. The van der Waals surface area contributed by atoms with Gasteiger partial charge >= 0.3 is 0 Å². The van der Waals surface area contributed by atoms with Gasteiger partial charge in [0.2, 0.25) is 17.7 Å².